The normalized spacial score (nSPS) is 11.6. The lowest BCUT2D eigenvalue weighted by molar-refractivity contribution is -0.426. The molecule has 0 spiro atoms. The number of nitrogens with two attached hydrogens (primary N) is 1. The van der Waals surface area contributed by atoms with Crippen LogP contribution in [0, 0.1) is 16.2 Å². The molecular formula is C12H17N4O2. The molecule has 1 radical (unpaired) electrons. The second kappa shape index (κ2) is 6.61. The highest BCUT2D eigenvalue weighted by atomic mass is 16.6. The Kier molecular flexibility index (Phi) is 5.13. The Labute approximate surface area is 106 Å². The van der Waals surface area contributed by atoms with Crippen LogP contribution >= 0.6 is 0 Å². The third kappa shape index (κ3) is 4.42. The molecule has 0 fully saturated rings. The molecule has 0 saturated carbocycles. The summed E-state index contributed by atoms with van der Waals surface area (Å²) in [5, 5.41) is 10.6. The van der Waals surface area contributed by atoms with Crippen molar-refractivity contribution in [3.63, 3.8) is 0 Å². The lowest BCUT2D eigenvalue weighted by atomic mass is 10.3. The molecule has 18 heavy (non-hydrogen) atoms. The van der Waals surface area contributed by atoms with E-state index in [-0.39, 0.29) is 5.82 Å². The highest BCUT2D eigenvalue weighted by molar-refractivity contribution is 5.48. The lowest BCUT2D eigenvalue weighted by Crippen LogP contribution is -2.29. The second-order valence-corrected chi connectivity index (χ2v) is 4.07. The van der Waals surface area contributed by atoms with Crippen LogP contribution in [0.4, 0.5) is 5.69 Å². The Balaban J connectivity index is 2.89. The second-order valence-electron chi connectivity index (χ2n) is 4.07. The summed E-state index contributed by atoms with van der Waals surface area (Å²) in [6.07, 6.45) is 1.35. The van der Waals surface area contributed by atoms with Gasteiger partial charge in [-0.2, -0.15) is 0 Å². The molecule has 0 aliphatic heterocycles. The summed E-state index contributed by atoms with van der Waals surface area (Å²) < 4.78 is 0. The fraction of sp³-hybridized carbons (Fsp3) is 0.333. The highest BCUT2D eigenvalue weighted by Crippen LogP contribution is 2.13. The average Bonchev–Trinajstić information content (AvgIpc) is 2.34. The summed E-state index contributed by atoms with van der Waals surface area (Å²) in [6, 6.07) is 10.1. The number of hydrogen-bond donors (Lipinski definition) is 1. The summed E-state index contributed by atoms with van der Waals surface area (Å²) in [7, 11) is 3.88. The summed E-state index contributed by atoms with van der Waals surface area (Å²) in [5.41, 5.74) is 6.21. The van der Waals surface area contributed by atoms with Crippen LogP contribution in [-0.2, 0) is 0 Å². The van der Waals surface area contributed by atoms with Crippen molar-refractivity contribution in [1.82, 2.24) is 4.90 Å². The summed E-state index contributed by atoms with van der Waals surface area (Å²) in [4.78, 5) is 13.7. The van der Waals surface area contributed by atoms with E-state index in [2.05, 4.69) is 6.07 Å². The molecule has 0 atom stereocenters. The van der Waals surface area contributed by atoms with Crippen molar-refractivity contribution in [2.24, 2.45) is 5.73 Å². The van der Waals surface area contributed by atoms with Gasteiger partial charge in [-0.1, -0.05) is 12.1 Å². The van der Waals surface area contributed by atoms with E-state index in [0.717, 1.165) is 12.2 Å². The monoisotopic (exact) mass is 249 g/mol. The molecule has 97 valence electrons. The Morgan fingerprint density at radius 3 is 2.56 bits per heavy atom. The topological polar surface area (TPSA) is 75.6 Å². The maximum absolute atomic E-state index is 10.6. The van der Waals surface area contributed by atoms with E-state index in [0.29, 0.717) is 6.54 Å². The van der Waals surface area contributed by atoms with Crippen LogP contribution in [0.15, 0.2) is 36.3 Å². The fourth-order valence-corrected chi connectivity index (χ4v) is 1.35. The number of nitrogens with zero attached hydrogens (tertiary/aromatic N) is 3. The minimum atomic E-state index is -0.599. The molecule has 1 rings (SSSR count). The van der Waals surface area contributed by atoms with Crippen LogP contribution < -0.4 is 10.6 Å². The van der Waals surface area contributed by atoms with Gasteiger partial charge in [-0.05, 0) is 37.2 Å². The standard InChI is InChI=1S/C12H17N4O2/c1-14(2)8-9-15(10-12(13)16(17)18)11-6-4-3-5-7-11/h4-7,10H,8-9,13H2,1-2H3. The van der Waals surface area contributed by atoms with E-state index in [1.54, 1.807) is 17.0 Å². The molecule has 0 amide bonds. The Hall–Kier alpha value is -2.08. The van der Waals surface area contributed by atoms with Crippen molar-refractivity contribution in [2.75, 3.05) is 32.1 Å². The van der Waals surface area contributed by atoms with Crippen LogP contribution in [0.5, 0.6) is 0 Å². The van der Waals surface area contributed by atoms with Gasteiger partial charge in [-0.15, -0.1) is 0 Å². The van der Waals surface area contributed by atoms with E-state index < -0.39 is 4.92 Å². The van der Waals surface area contributed by atoms with E-state index in [9.17, 15) is 10.1 Å². The molecule has 2 N–H and O–H groups in total. The molecule has 0 aromatic heterocycles. The van der Waals surface area contributed by atoms with E-state index in [1.165, 1.54) is 6.20 Å². The third-order valence-corrected chi connectivity index (χ3v) is 2.32. The minimum Gasteiger partial charge on any atom is -0.358 e. The van der Waals surface area contributed by atoms with E-state index in [1.807, 2.05) is 31.1 Å². The minimum absolute atomic E-state index is 0.374. The number of nitro groups is 1. The van der Waals surface area contributed by atoms with Crippen molar-refractivity contribution in [3.05, 3.63) is 52.5 Å². The van der Waals surface area contributed by atoms with Gasteiger partial charge >= 0.3 is 5.82 Å². The maximum Gasteiger partial charge on any atom is 0.330 e. The van der Waals surface area contributed by atoms with Crippen LogP contribution in [0.1, 0.15) is 0 Å². The Morgan fingerprint density at radius 1 is 1.44 bits per heavy atom. The van der Waals surface area contributed by atoms with Gasteiger partial charge in [-0.3, -0.25) is 5.73 Å². The van der Waals surface area contributed by atoms with Crippen molar-refractivity contribution in [1.29, 1.82) is 0 Å². The Bertz CT molecular complexity index is 417. The Morgan fingerprint density at radius 2 is 2.06 bits per heavy atom. The van der Waals surface area contributed by atoms with Crippen LogP contribution in [-0.4, -0.2) is 37.0 Å². The first-order chi connectivity index (χ1) is 8.50. The molecule has 0 aliphatic rings. The summed E-state index contributed by atoms with van der Waals surface area (Å²) >= 11 is 0. The number of anilines is 1. The van der Waals surface area contributed by atoms with Gasteiger partial charge in [0.2, 0.25) is 0 Å². The number of hydrogen-bond acceptors (Lipinski definition) is 5. The quantitative estimate of drug-likeness (QED) is 0.598. The van der Waals surface area contributed by atoms with Gasteiger partial charge in [0.1, 0.15) is 0 Å². The van der Waals surface area contributed by atoms with Gasteiger partial charge in [-0.25, -0.2) is 0 Å². The van der Waals surface area contributed by atoms with Gasteiger partial charge in [0.15, 0.2) is 0 Å². The van der Waals surface area contributed by atoms with Gasteiger partial charge < -0.3 is 19.9 Å². The predicted molar refractivity (Wildman–Crippen MR) is 70.4 cm³/mol. The zero-order valence-corrected chi connectivity index (χ0v) is 10.5. The van der Waals surface area contributed by atoms with Crippen LogP contribution in [0.3, 0.4) is 0 Å². The summed E-state index contributed by atoms with van der Waals surface area (Å²) in [6.45, 7) is 1.38. The van der Waals surface area contributed by atoms with Crippen molar-refractivity contribution >= 4 is 5.69 Å². The number of rotatable bonds is 6. The third-order valence-electron chi connectivity index (χ3n) is 2.32. The largest absolute Gasteiger partial charge is 0.358 e. The number of benzene rings is 1. The molecular weight excluding hydrogens is 232 g/mol. The first-order valence-electron chi connectivity index (χ1n) is 5.50. The van der Waals surface area contributed by atoms with E-state index >= 15 is 0 Å². The molecule has 0 aliphatic carbocycles. The fourth-order valence-electron chi connectivity index (χ4n) is 1.35. The lowest BCUT2D eigenvalue weighted by Gasteiger charge is -2.22. The van der Waals surface area contributed by atoms with Gasteiger partial charge in [0.25, 0.3) is 0 Å². The number of likely N-dealkylation sites (N-methyl/N-ethyl adjacent to an activating group) is 1. The first kappa shape index (κ1) is 14.0. The van der Waals surface area contributed by atoms with E-state index in [4.69, 9.17) is 5.73 Å². The predicted octanol–water partition coefficient (Wildman–Crippen LogP) is 0.889. The molecule has 1 aromatic carbocycles. The average molecular weight is 249 g/mol. The van der Waals surface area contributed by atoms with Gasteiger partial charge in [0.05, 0.1) is 6.20 Å². The molecule has 0 bridgehead atoms. The first-order valence-corrected chi connectivity index (χ1v) is 5.50. The van der Waals surface area contributed by atoms with Crippen LogP contribution in [0.2, 0.25) is 0 Å². The molecule has 0 unspecified atom stereocenters. The maximum atomic E-state index is 10.6. The zero-order valence-electron chi connectivity index (χ0n) is 10.5. The van der Waals surface area contributed by atoms with Crippen molar-refractivity contribution in [3.8, 4) is 0 Å². The van der Waals surface area contributed by atoms with Crippen molar-refractivity contribution in [2.45, 2.75) is 0 Å². The molecule has 6 nitrogen and oxygen atoms in total. The zero-order chi connectivity index (χ0) is 13.5. The van der Waals surface area contributed by atoms with Gasteiger partial charge in [0, 0.05) is 18.8 Å². The molecule has 1 aromatic rings. The molecule has 6 heteroatoms. The molecule has 0 heterocycles. The summed E-state index contributed by atoms with van der Waals surface area (Å²) in [5.74, 6) is -0.374. The molecule has 0 saturated heterocycles. The highest BCUT2D eigenvalue weighted by Gasteiger charge is 2.08. The smallest absolute Gasteiger partial charge is 0.330 e. The van der Waals surface area contributed by atoms with Crippen molar-refractivity contribution < 1.29 is 4.92 Å². The SMILES string of the molecule is CN(C)CCN(C=C(N)[N+](=O)[O-])c1cc[c]cc1. The van der Waals surface area contributed by atoms with Crippen LogP contribution in [0.25, 0.3) is 0 Å².